The molecular formula is C3H2Br2O. The molecule has 0 fully saturated rings. The van der Waals surface area contributed by atoms with Gasteiger partial charge in [-0.15, -0.1) is 0 Å². The first-order chi connectivity index (χ1) is 2.77. The highest BCUT2D eigenvalue weighted by Gasteiger charge is 1.77. The molecule has 0 radical (unpaired) electrons. The van der Waals surface area contributed by atoms with E-state index in [-0.39, 0.29) is 4.69 Å². The van der Waals surface area contributed by atoms with Gasteiger partial charge in [0.15, 0.2) is 0 Å². The van der Waals surface area contributed by atoms with E-state index < -0.39 is 0 Å². The second-order valence-electron chi connectivity index (χ2n) is 0.597. The van der Waals surface area contributed by atoms with Crippen molar-refractivity contribution in [2.75, 3.05) is 0 Å². The molecule has 3 heteroatoms. The molecule has 0 spiro atoms. The van der Waals surface area contributed by atoms with E-state index in [9.17, 15) is 4.79 Å². The highest BCUT2D eigenvalue weighted by molar-refractivity contribution is 9.18. The molecule has 0 saturated heterocycles. The van der Waals surface area contributed by atoms with Crippen molar-refractivity contribution in [2.24, 2.45) is 0 Å². The Labute approximate surface area is 52.7 Å². The fraction of sp³-hybridized carbons (Fsp3) is 0. The molecule has 0 atom stereocenters. The van der Waals surface area contributed by atoms with E-state index in [0.29, 0.717) is 0 Å². The van der Waals surface area contributed by atoms with Crippen LogP contribution >= 0.6 is 31.9 Å². The van der Waals surface area contributed by atoms with Gasteiger partial charge in [-0.1, -0.05) is 15.9 Å². The zero-order chi connectivity index (χ0) is 4.99. The van der Waals surface area contributed by atoms with Crippen LogP contribution in [0.1, 0.15) is 0 Å². The van der Waals surface area contributed by atoms with Crippen molar-refractivity contribution in [3.63, 3.8) is 0 Å². The second-order valence-corrected chi connectivity index (χ2v) is 1.91. The molecule has 6 heavy (non-hydrogen) atoms. The number of hydrogen-bond donors (Lipinski definition) is 0. The molecule has 0 aromatic rings. The van der Waals surface area contributed by atoms with Crippen LogP contribution in [-0.4, -0.2) is 4.69 Å². The maximum absolute atomic E-state index is 9.84. The minimum atomic E-state index is -0.126. The van der Waals surface area contributed by atoms with Crippen molar-refractivity contribution >= 4 is 36.6 Å². The summed E-state index contributed by atoms with van der Waals surface area (Å²) in [5.74, 6) is 0. The average molecular weight is 214 g/mol. The minimum Gasteiger partial charge on any atom is -0.282 e. The summed E-state index contributed by atoms with van der Waals surface area (Å²) < 4.78 is -0.126. The summed E-state index contributed by atoms with van der Waals surface area (Å²) in [7, 11) is 0. The molecule has 0 saturated carbocycles. The number of carbonyl (C=O) groups excluding carboxylic acids is 1. The number of carbonyl (C=O) groups is 1. The predicted molar refractivity (Wildman–Crippen MR) is 32.0 cm³/mol. The van der Waals surface area contributed by atoms with Gasteiger partial charge in [-0.3, -0.25) is 4.79 Å². The molecule has 0 aliphatic rings. The van der Waals surface area contributed by atoms with Crippen LogP contribution in [0.2, 0.25) is 0 Å². The van der Waals surface area contributed by atoms with Gasteiger partial charge in [0.2, 0.25) is 4.69 Å². The van der Waals surface area contributed by atoms with Crippen molar-refractivity contribution in [3.05, 3.63) is 11.1 Å². The lowest BCUT2D eigenvalue weighted by Crippen LogP contribution is -1.68. The topological polar surface area (TPSA) is 17.1 Å². The Morgan fingerprint density at radius 2 is 2.17 bits per heavy atom. The third-order valence-electron chi connectivity index (χ3n) is 0.194. The van der Waals surface area contributed by atoms with Gasteiger partial charge in [-0.05, 0) is 27.0 Å². The molecule has 0 N–H and O–H groups in total. The SMILES string of the molecule is O=C(Br)C=CBr. The van der Waals surface area contributed by atoms with Gasteiger partial charge in [0, 0.05) is 0 Å². The van der Waals surface area contributed by atoms with Crippen molar-refractivity contribution < 1.29 is 4.79 Å². The fourth-order valence-electron chi connectivity index (χ4n) is 0.0495. The molecule has 0 aromatic heterocycles. The van der Waals surface area contributed by atoms with E-state index in [0.717, 1.165) is 0 Å². The Morgan fingerprint density at radius 3 is 2.17 bits per heavy atom. The molecule has 0 heterocycles. The third kappa shape index (κ3) is 4.37. The Balaban J connectivity index is 3.30. The molecule has 34 valence electrons. The Kier molecular flexibility index (Phi) is 3.78. The van der Waals surface area contributed by atoms with Gasteiger partial charge in [0.05, 0.1) is 0 Å². The third-order valence-corrected chi connectivity index (χ3v) is 0.723. The summed E-state index contributed by atoms with van der Waals surface area (Å²) >= 11 is 5.60. The van der Waals surface area contributed by atoms with E-state index in [1.54, 1.807) is 0 Å². The van der Waals surface area contributed by atoms with Gasteiger partial charge >= 0.3 is 0 Å². The van der Waals surface area contributed by atoms with Gasteiger partial charge in [0.25, 0.3) is 0 Å². The summed E-state index contributed by atoms with van der Waals surface area (Å²) in [6.07, 6.45) is 1.36. The molecule has 0 rings (SSSR count). The summed E-state index contributed by atoms with van der Waals surface area (Å²) in [5, 5.41) is 0. The monoisotopic (exact) mass is 212 g/mol. The van der Waals surface area contributed by atoms with E-state index in [2.05, 4.69) is 31.9 Å². The lowest BCUT2D eigenvalue weighted by atomic mass is 10.7. The number of rotatable bonds is 1. The zero-order valence-corrected chi connectivity index (χ0v) is 5.99. The summed E-state index contributed by atoms with van der Waals surface area (Å²) in [6, 6.07) is 0. The van der Waals surface area contributed by atoms with Crippen LogP contribution < -0.4 is 0 Å². The van der Waals surface area contributed by atoms with E-state index in [1.165, 1.54) is 11.1 Å². The quantitative estimate of drug-likeness (QED) is 0.480. The van der Waals surface area contributed by atoms with Crippen LogP contribution in [-0.2, 0) is 4.79 Å². The molecule has 0 unspecified atom stereocenters. The van der Waals surface area contributed by atoms with Crippen LogP contribution in [0.3, 0.4) is 0 Å². The molecule has 1 nitrogen and oxygen atoms in total. The summed E-state index contributed by atoms with van der Waals surface area (Å²) in [6.45, 7) is 0. The molecule has 0 aliphatic heterocycles. The van der Waals surface area contributed by atoms with Crippen molar-refractivity contribution in [2.45, 2.75) is 0 Å². The van der Waals surface area contributed by atoms with Gasteiger partial charge in [0.1, 0.15) is 0 Å². The van der Waals surface area contributed by atoms with Crippen molar-refractivity contribution in [1.29, 1.82) is 0 Å². The maximum Gasteiger partial charge on any atom is 0.221 e. The first-order valence-corrected chi connectivity index (χ1v) is 2.94. The van der Waals surface area contributed by atoms with E-state index >= 15 is 0 Å². The molecule has 0 amide bonds. The van der Waals surface area contributed by atoms with Crippen molar-refractivity contribution in [3.8, 4) is 0 Å². The van der Waals surface area contributed by atoms with E-state index in [4.69, 9.17) is 0 Å². The molecular weight excluding hydrogens is 212 g/mol. The highest BCUT2D eigenvalue weighted by atomic mass is 79.9. The zero-order valence-electron chi connectivity index (χ0n) is 2.82. The lowest BCUT2D eigenvalue weighted by molar-refractivity contribution is -0.106. The van der Waals surface area contributed by atoms with Crippen molar-refractivity contribution in [1.82, 2.24) is 0 Å². The summed E-state index contributed by atoms with van der Waals surface area (Å²) in [4.78, 5) is 11.3. The van der Waals surface area contributed by atoms with Crippen LogP contribution in [0.5, 0.6) is 0 Å². The molecule has 0 aromatic carbocycles. The van der Waals surface area contributed by atoms with Gasteiger partial charge < -0.3 is 0 Å². The molecule has 0 bridgehead atoms. The number of halogens is 2. The smallest absolute Gasteiger partial charge is 0.221 e. The minimum absolute atomic E-state index is 0.126. The largest absolute Gasteiger partial charge is 0.282 e. The number of hydrogen-bond acceptors (Lipinski definition) is 1. The Hall–Kier alpha value is 0.370. The second kappa shape index (κ2) is 3.56. The molecule has 0 aliphatic carbocycles. The Bertz CT molecular complexity index is 76.9. The first kappa shape index (κ1) is 6.37. The maximum atomic E-state index is 9.84. The Morgan fingerprint density at radius 1 is 1.67 bits per heavy atom. The van der Waals surface area contributed by atoms with Gasteiger partial charge in [-0.2, -0.15) is 0 Å². The van der Waals surface area contributed by atoms with Crippen LogP contribution in [0.25, 0.3) is 0 Å². The lowest BCUT2D eigenvalue weighted by Gasteiger charge is -1.64. The highest BCUT2D eigenvalue weighted by Crippen LogP contribution is 1.88. The number of allylic oxidation sites excluding steroid dienone is 1. The normalized spacial score (nSPS) is 9.67. The first-order valence-electron chi connectivity index (χ1n) is 1.23. The standard InChI is InChI=1S/C3H2Br2O/c4-2-1-3(5)6/h1-2H. The predicted octanol–water partition coefficient (Wildman–Crippen LogP) is 1.82. The van der Waals surface area contributed by atoms with Crippen LogP contribution in [0.15, 0.2) is 11.1 Å². The summed E-state index contributed by atoms with van der Waals surface area (Å²) in [5.41, 5.74) is 0. The fourth-order valence-corrected chi connectivity index (χ4v) is 0.776. The van der Waals surface area contributed by atoms with Crippen LogP contribution in [0, 0.1) is 0 Å². The van der Waals surface area contributed by atoms with Crippen LogP contribution in [0.4, 0.5) is 0 Å². The average Bonchev–Trinajstić information content (AvgIpc) is 1.35. The van der Waals surface area contributed by atoms with Gasteiger partial charge in [-0.25, -0.2) is 0 Å². The van der Waals surface area contributed by atoms with E-state index in [1.807, 2.05) is 0 Å².